The van der Waals surface area contributed by atoms with Crippen LogP contribution in [0.1, 0.15) is 75.2 Å². The topological polar surface area (TPSA) is 303 Å². The molecule has 2 aromatic heterocycles. The van der Waals surface area contributed by atoms with Crippen molar-refractivity contribution >= 4 is 102 Å². The van der Waals surface area contributed by atoms with Gasteiger partial charge in [0, 0.05) is 45.3 Å². The van der Waals surface area contributed by atoms with E-state index < -0.39 is 69.6 Å². The Labute approximate surface area is 553 Å². The Hall–Kier alpha value is -12.9. The molecule has 0 spiro atoms. The summed E-state index contributed by atoms with van der Waals surface area (Å²) in [6.07, 6.45) is 6.76. The number of carbonyl (C=O) groups excluding carboxylic acids is 6. The van der Waals surface area contributed by atoms with Crippen LogP contribution in [0.2, 0.25) is 0 Å². The van der Waals surface area contributed by atoms with Gasteiger partial charge in [-0.25, -0.2) is 39.1 Å². The van der Waals surface area contributed by atoms with Crippen LogP contribution in [0.5, 0.6) is 0 Å². The van der Waals surface area contributed by atoms with E-state index in [1.54, 1.807) is 182 Å². The molecule has 4 aliphatic carbocycles. The first-order chi connectivity index (χ1) is 46.8. The SMILES string of the molecule is N#CC(C#N)=C1C(=Nc2nc3c(s2)C2=CC4C=C5OC(C(=O)OCc6ccccc6)(C(=O)OCc6ccccc6)c6nc(N=C7C(=O)c8ccccc8C7=C(C#N)C#N)sc6C5=CC4C=C2OC3(C(=O)OCc2ccccc2)C(=O)OCc2ccccc2)C(=O)c2ccccc21. The summed E-state index contributed by atoms with van der Waals surface area (Å²) in [4.78, 5) is 110. The lowest BCUT2D eigenvalue weighted by Crippen LogP contribution is -2.51. The number of fused-ring (bicyclic) bond motifs is 9. The van der Waals surface area contributed by atoms with E-state index in [1.807, 2.05) is 24.3 Å². The van der Waals surface area contributed by atoms with E-state index in [4.69, 9.17) is 48.4 Å². The third kappa shape index (κ3) is 10.5. The highest BCUT2D eigenvalue weighted by Crippen LogP contribution is 2.56. The Morgan fingerprint density at radius 3 is 1.02 bits per heavy atom. The number of hydrogen-bond donors (Lipinski definition) is 0. The molecule has 0 saturated carbocycles. The van der Waals surface area contributed by atoms with Gasteiger partial charge in [0.05, 0.1) is 9.75 Å². The molecule has 0 saturated heterocycles. The Morgan fingerprint density at radius 1 is 0.427 bits per heavy atom. The van der Waals surface area contributed by atoms with E-state index in [9.17, 15) is 30.6 Å². The van der Waals surface area contributed by atoms with Gasteiger partial charge in [0.1, 0.15) is 96.2 Å². The number of nitrogens with zero attached hydrogens (tertiary/aromatic N) is 8. The normalized spacial score (nSPS) is 17.7. The maximum atomic E-state index is 15.4. The molecule has 462 valence electrons. The van der Waals surface area contributed by atoms with E-state index in [1.165, 1.54) is 12.1 Å². The van der Waals surface area contributed by atoms with Gasteiger partial charge in [-0.2, -0.15) is 21.0 Å². The number of benzene rings is 6. The van der Waals surface area contributed by atoms with Gasteiger partial charge in [-0.3, -0.25) is 9.59 Å². The first-order valence-corrected chi connectivity index (χ1v) is 31.2. The number of ketones is 2. The first-order valence-electron chi connectivity index (χ1n) is 29.5. The lowest BCUT2D eigenvalue weighted by Gasteiger charge is -2.40. The second-order valence-corrected chi connectivity index (χ2v) is 24.1. The number of hydrogen-bond acceptors (Lipinski definition) is 22. The lowest BCUT2D eigenvalue weighted by molar-refractivity contribution is -0.191. The second kappa shape index (κ2) is 25.0. The quantitative estimate of drug-likeness (QED) is 0.0423. The number of aliphatic imine (C=N–C) groups is 2. The molecule has 2 atom stereocenters. The molecule has 0 bridgehead atoms. The maximum Gasteiger partial charge on any atom is 0.369 e. The minimum absolute atomic E-state index is 0.0455. The molecule has 2 aliphatic heterocycles. The summed E-state index contributed by atoms with van der Waals surface area (Å²) in [5.74, 6) is -7.89. The number of thiazole rings is 2. The van der Waals surface area contributed by atoms with Crippen LogP contribution in [-0.2, 0) is 85.2 Å². The fourth-order valence-corrected chi connectivity index (χ4v) is 13.9. The molecule has 0 amide bonds. The average Bonchev–Trinajstić information content (AvgIpc) is 0.859. The monoisotopic (exact) mass is 1300 g/mol. The van der Waals surface area contributed by atoms with Crippen molar-refractivity contribution < 1.29 is 57.2 Å². The Balaban J connectivity index is 0.953. The van der Waals surface area contributed by atoms with Crippen molar-refractivity contribution in [1.29, 1.82) is 21.0 Å². The Kier molecular flexibility index (Phi) is 15.8. The highest BCUT2D eigenvalue weighted by atomic mass is 32.1. The van der Waals surface area contributed by atoms with Crippen LogP contribution in [0.3, 0.4) is 0 Å². The summed E-state index contributed by atoms with van der Waals surface area (Å²) in [5.41, 5.74) is -4.33. The summed E-state index contributed by atoms with van der Waals surface area (Å²) < 4.78 is 37.8. The van der Waals surface area contributed by atoms with E-state index in [0.717, 1.165) is 22.7 Å². The molecule has 14 rings (SSSR count). The molecule has 20 nitrogen and oxygen atoms in total. The summed E-state index contributed by atoms with van der Waals surface area (Å²) >= 11 is 1.70. The molecular weight excluding hydrogens is 1260 g/mol. The minimum atomic E-state index is -2.85. The first kappa shape index (κ1) is 60.7. The van der Waals surface area contributed by atoms with Gasteiger partial charge in [-0.05, 0) is 45.5 Å². The zero-order valence-corrected chi connectivity index (χ0v) is 51.4. The van der Waals surface area contributed by atoms with E-state index in [-0.39, 0.29) is 125 Å². The number of carbonyl (C=O) groups is 6. The van der Waals surface area contributed by atoms with Crippen molar-refractivity contribution in [2.75, 3.05) is 0 Å². The minimum Gasteiger partial charge on any atom is -0.458 e. The van der Waals surface area contributed by atoms with Crippen LogP contribution in [-0.4, -0.2) is 56.8 Å². The average molecular weight is 1300 g/mol. The molecule has 8 aromatic rings. The molecule has 0 radical (unpaired) electrons. The largest absolute Gasteiger partial charge is 0.458 e. The van der Waals surface area contributed by atoms with Gasteiger partial charge in [0.2, 0.25) is 21.8 Å². The Bertz CT molecular complexity index is 4680. The molecule has 4 heterocycles. The van der Waals surface area contributed by atoms with Crippen LogP contribution in [0.4, 0.5) is 10.3 Å². The van der Waals surface area contributed by atoms with Crippen molar-refractivity contribution in [3.8, 4) is 24.3 Å². The van der Waals surface area contributed by atoms with Crippen LogP contribution in [0.15, 0.2) is 227 Å². The van der Waals surface area contributed by atoms with E-state index >= 15 is 19.2 Å². The summed E-state index contributed by atoms with van der Waals surface area (Å²) in [5, 5.41) is 40.5. The molecular formula is C74H42N8O12S2. The number of aromatic nitrogens is 2. The molecule has 6 aromatic carbocycles. The van der Waals surface area contributed by atoms with Crippen LogP contribution >= 0.6 is 22.7 Å². The lowest BCUT2D eigenvalue weighted by atomic mass is 9.76. The van der Waals surface area contributed by atoms with E-state index in [2.05, 4.69) is 0 Å². The summed E-state index contributed by atoms with van der Waals surface area (Å²) in [6, 6.07) is 55.0. The number of esters is 4. The van der Waals surface area contributed by atoms with Crippen molar-refractivity contribution in [3.63, 3.8) is 0 Å². The van der Waals surface area contributed by atoms with Crippen LogP contribution in [0, 0.1) is 57.2 Å². The van der Waals surface area contributed by atoms with Crippen molar-refractivity contribution in [2.45, 2.75) is 37.6 Å². The predicted molar refractivity (Wildman–Crippen MR) is 346 cm³/mol. The number of Topliss-reactive ketones (excluding diaryl/α,β-unsaturated/α-hetero) is 2. The third-order valence-corrected chi connectivity index (χ3v) is 18.4. The van der Waals surface area contributed by atoms with Gasteiger partial charge < -0.3 is 28.4 Å². The maximum absolute atomic E-state index is 15.4. The fraction of sp³-hybridized carbons (Fsp3) is 0.108. The molecule has 6 aliphatic rings. The summed E-state index contributed by atoms with van der Waals surface area (Å²) in [7, 11) is 0. The van der Waals surface area contributed by atoms with Crippen molar-refractivity contribution in [3.05, 3.63) is 282 Å². The molecule has 2 unspecified atom stereocenters. The van der Waals surface area contributed by atoms with Crippen LogP contribution in [0.25, 0.3) is 22.3 Å². The van der Waals surface area contributed by atoms with Gasteiger partial charge in [0.25, 0.3) is 0 Å². The molecule has 0 N–H and O–H groups in total. The molecule has 96 heavy (non-hydrogen) atoms. The molecule has 0 fully saturated rings. The fourth-order valence-electron chi connectivity index (χ4n) is 11.9. The van der Waals surface area contributed by atoms with Gasteiger partial charge >= 0.3 is 35.1 Å². The summed E-state index contributed by atoms with van der Waals surface area (Å²) in [6.45, 7) is -1.37. The Morgan fingerprint density at radius 2 is 0.719 bits per heavy atom. The van der Waals surface area contributed by atoms with Crippen molar-refractivity contribution in [2.24, 2.45) is 21.8 Å². The smallest absolute Gasteiger partial charge is 0.369 e. The third-order valence-electron chi connectivity index (χ3n) is 16.4. The van der Waals surface area contributed by atoms with Gasteiger partial charge in [-0.15, -0.1) is 0 Å². The van der Waals surface area contributed by atoms with E-state index in [0.29, 0.717) is 22.3 Å². The zero-order valence-electron chi connectivity index (χ0n) is 49.8. The standard InChI is InChI=1S/C74H42N8O12S2/c75-33-47(34-76)57-49-25-13-15-27-51(49)61(83)59(57)79-71-81-65-63(95-71)53-29-46-32-56-54(30-45(46)31-55(53)93-73(65,67(85)89-37-41-17-5-1-6-18-41)68(86)90-38-42-19-7-2-8-20-42)64-66(82-72(96-64)80-60-58(48(35-77)36-78)50-26-14-16-28-52(50)62(60)84)74(94-56,69(87)91-39-43-21-9-3-10-22-43)70(88)92-40-44-23-11-4-12-24-44/h1-32,45-46H,37-40H2. The van der Waals surface area contributed by atoms with Gasteiger partial charge in [-0.1, -0.05) is 205 Å². The highest BCUT2D eigenvalue weighted by Gasteiger charge is 2.63. The predicted octanol–water partition coefficient (Wildman–Crippen LogP) is 12.1. The number of rotatable bonds is 14. The highest BCUT2D eigenvalue weighted by molar-refractivity contribution is 7.17. The van der Waals surface area contributed by atoms with Crippen LogP contribution < -0.4 is 0 Å². The molecule has 22 heteroatoms. The second-order valence-electron chi connectivity index (χ2n) is 22.2. The number of nitriles is 4. The zero-order chi connectivity index (χ0) is 66.2. The van der Waals surface area contributed by atoms with Crippen molar-refractivity contribution in [1.82, 2.24) is 9.97 Å². The number of ether oxygens (including phenoxy) is 6. The number of allylic oxidation sites excluding steroid dienone is 10. The van der Waals surface area contributed by atoms with Gasteiger partial charge in [0.15, 0.2) is 0 Å².